The molecule has 1 N–H and O–H groups in total. The van der Waals surface area contributed by atoms with E-state index in [-0.39, 0.29) is 18.3 Å². The van der Waals surface area contributed by atoms with Gasteiger partial charge in [0.25, 0.3) is 0 Å². The first-order valence-electron chi connectivity index (χ1n) is 13.4. The third-order valence-corrected chi connectivity index (χ3v) is 7.12. The van der Waals surface area contributed by atoms with E-state index in [1.165, 1.54) is 0 Å². The summed E-state index contributed by atoms with van der Waals surface area (Å²) in [5.41, 5.74) is 4.22. The van der Waals surface area contributed by atoms with Crippen LogP contribution in [0.15, 0.2) is 65.0 Å². The summed E-state index contributed by atoms with van der Waals surface area (Å²) in [6.45, 7) is 7.08. The number of methoxy groups -OCH3 is 2. The number of esters is 1. The second kappa shape index (κ2) is 12.8. The van der Waals surface area contributed by atoms with Gasteiger partial charge in [-0.3, -0.25) is 4.79 Å². The molecule has 4 rings (SSSR count). The minimum Gasteiger partial charge on any atom is -0.494 e. The number of hydrogen-bond donors (Lipinski definition) is 1. The van der Waals surface area contributed by atoms with Crippen molar-refractivity contribution < 1.29 is 33.3 Å². The van der Waals surface area contributed by atoms with E-state index in [9.17, 15) is 9.59 Å². The van der Waals surface area contributed by atoms with E-state index in [4.69, 9.17) is 23.7 Å². The number of ketones is 1. The number of nitrogens with one attached hydrogen (secondary N) is 1. The van der Waals surface area contributed by atoms with Crippen molar-refractivity contribution in [1.82, 2.24) is 5.32 Å². The van der Waals surface area contributed by atoms with Crippen molar-refractivity contribution >= 4 is 11.8 Å². The van der Waals surface area contributed by atoms with Gasteiger partial charge in [0, 0.05) is 35.6 Å². The fourth-order valence-corrected chi connectivity index (χ4v) is 5.38. The van der Waals surface area contributed by atoms with E-state index in [2.05, 4.69) is 5.32 Å². The first kappa shape index (κ1) is 28.2. The van der Waals surface area contributed by atoms with E-state index in [1.54, 1.807) is 14.2 Å². The normalized spacial score (nSPS) is 18.8. The van der Waals surface area contributed by atoms with Crippen LogP contribution in [0.3, 0.4) is 0 Å². The average molecular weight is 536 g/mol. The molecule has 1 aliphatic carbocycles. The van der Waals surface area contributed by atoms with Crippen molar-refractivity contribution in [3.8, 4) is 17.2 Å². The summed E-state index contributed by atoms with van der Waals surface area (Å²) in [5, 5.41) is 3.39. The van der Waals surface area contributed by atoms with Crippen LogP contribution < -0.4 is 19.5 Å². The maximum Gasteiger partial charge on any atom is 0.336 e. The first-order valence-corrected chi connectivity index (χ1v) is 13.4. The van der Waals surface area contributed by atoms with E-state index >= 15 is 0 Å². The van der Waals surface area contributed by atoms with E-state index < -0.39 is 11.9 Å². The molecule has 0 aromatic heterocycles. The zero-order valence-corrected chi connectivity index (χ0v) is 23.3. The summed E-state index contributed by atoms with van der Waals surface area (Å²) in [4.78, 5) is 27.4. The number of dihydropyridines is 1. The minimum absolute atomic E-state index is 0.0213. The molecule has 0 saturated heterocycles. The molecule has 2 aromatic rings. The number of rotatable bonds is 11. The maximum atomic E-state index is 13.9. The van der Waals surface area contributed by atoms with Crippen LogP contribution in [0, 0.1) is 0 Å². The summed E-state index contributed by atoms with van der Waals surface area (Å²) >= 11 is 0. The van der Waals surface area contributed by atoms with Gasteiger partial charge >= 0.3 is 5.97 Å². The van der Waals surface area contributed by atoms with Crippen LogP contribution in [0.5, 0.6) is 17.2 Å². The zero-order chi connectivity index (χ0) is 27.9. The van der Waals surface area contributed by atoms with Crippen molar-refractivity contribution in [2.75, 3.05) is 40.6 Å². The molecule has 0 fully saturated rings. The number of carbonyl (C=O) groups excluding carboxylic acids is 2. The molecular weight excluding hydrogens is 498 g/mol. The van der Waals surface area contributed by atoms with Crippen LogP contribution in [0.2, 0.25) is 0 Å². The Morgan fingerprint density at radius 2 is 1.72 bits per heavy atom. The maximum absolute atomic E-state index is 13.9. The van der Waals surface area contributed by atoms with Gasteiger partial charge in [-0.2, -0.15) is 0 Å². The molecule has 0 amide bonds. The number of Topliss-reactive ketones (excluding diaryl/α,β-unsaturated/α-hetero) is 1. The molecule has 0 bridgehead atoms. The second-order valence-electron chi connectivity index (χ2n) is 9.44. The summed E-state index contributed by atoms with van der Waals surface area (Å²) in [6.07, 6.45) is 0.906. The van der Waals surface area contributed by atoms with Gasteiger partial charge in [-0.05, 0) is 56.9 Å². The number of allylic oxidation sites excluding steroid dienone is 3. The lowest BCUT2D eigenvalue weighted by Crippen LogP contribution is -2.36. The number of ether oxygens (including phenoxy) is 5. The molecule has 2 aliphatic rings. The minimum atomic E-state index is -0.609. The van der Waals surface area contributed by atoms with Crippen LogP contribution in [0.1, 0.15) is 56.6 Å². The van der Waals surface area contributed by atoms with Crippen molar-refractivity contribution in [2.45, 2.75) is 45.4 Å². The average Bonchev–Trinajstić information content (AvgIpc) is 2.94. The Hall–Kier alpha value is -3.78. The number of para-hydroxylation sites is 1. The first-order chi connectivity index (χ1) is 18.9. The number of carbonyl (C=O) groups is 2. The Bertz CT molecular complexity index is 1280. The van der Waals surface area contributed by atoms with Crippen molar-refractivity contribution in [2.24, 2.45) is 0 Å². The third kappa shape index (κ3) is 5.96. The molecular formula is C31H37NO7. The molecule has 0 unspecified atom stereocenters. The number of benzene rings is 2. The highest BCUT2D eigenvalue weighted by molar-refractivity contribution is 6.04. The monoisotopic (exact) mass is 535 g/mol. The number of hydrogen-bond acceptors (Lipinski definition) is 8. The van der Waals surface area contributed by atoms with Crippen molar-refractivity contribution in [3.63, 3.8) is 0 Å². The van der Waals surface area contributed by atoms with Crippen LogP contribution in [-0.2, 0) is 19.1 Å². The SMILES string of the molecule is CCOCCOC(=O)C1=C(C)NC2=C(C(=O)C[C@H](c3ccc(OC)c(OC)c3)C2)[C@@H]1c1ccccc1OCC. The molecule has 0 saturated carbocycles. The lowest BCUT2D eigenvalue weighted by Gasteiger charge is -2.37. The second-order valence-corrected chi connectivity index (χ2v) is 9.44. The van der Waals surface area contributed by atoms with Gasteiger partial charge in [0.1, 0.15) is 12.4 Å². The highest BCUT2D eigenvalue weighted by Gasteiger charge is 2.42. The van der Waals surface area contributed by atoms with Crippen LogP contribution in [0.25, 0.3) is 0 Å². The van der Waals surface area contributed by atoms with Gasteiger partial charge in [-0.25, -0.2) is 4.79 Å². The predicted octanol–water partition coefficient (Wildman–Crippen LogP) is 5.04. The largest absolute Gasteiger partial charge is 0.494 e. The van der Waals surface area contributed by atoms with Gasteiger partial charge in [0.05, 0.1) is 38.9 Å². The fourth-order valence-electron chi connectivity index (χ4n) is 5.38. The summed E-state index contributed by atoms with van der Waals surface area (Å²) in [7, 11) is 3.19. The summed E-state index contributed by atoms with van der Waals surface area (Å²) in [5.74, 6) is 0.736. The molecule has 208 valence electrons. The van der Waals surface area contributed by atoms with Crippen molar-refractivity contribution in [3.05, 3.63) is 76.1 Å². The standard InChI is InChI=1S/C31H37NO7/c1-6-37-14-15-39-31(34)28-19(3)32-23-16-21(20-12-13-26(35-4)27(18-20)36-5)17-24(33)30(23)29(28)22-10-8-9-11-25(22)38-7-2/h8-13,18,21,29,32H,6-7,14-17H2,1-5H3/t21-,29-/m1/s1. The Morgan fingerprint density at radius 1 is 0.949 bits per heavy atom. The smallest absolute Gasteiger partial charge is 0.336 e. The van der Waals surface area contributed by atoms with E-state index in [1.807, 2.05) is 63.2 Å². The molecule has 1 aliphatic heterocycles. The molecule has 39 heavy (non-hydrogen) atoms. The Morgan fingerprint density at radius 3 is 2.44 bits per heavy atom. The van der Waals surface area contributed by atoms with Gasteiger partial charge < -0.3 is 29.0 Å². The molecule has 2 aromatic carbocycles. The fraction of sp³-hybridized carbons (Fsp3) is 0.419. The van der Waals surface area contributed by atoms with Crippen molar-refractivity contribution in [1.29, 1.82) is 0 Å². The van der Waals surface area contributed by atoms with E-state index in [0.717, 1.165) is 16.8 Å². The lowest BCUT2D eigenvalue weighted by atomic mass is 9.71. The van der Waals surface area contributed by atoms with Crippen LogP contribution in [0.4, 0.5) is 0 Å². The quantitative estimate of drug-likeness (QED) is 0.316. The lowest BCUT2D eigenvalue weighted by molar-refractivity contribution is -0.140. The summed E-state index contributed by atoms with van der Waals surface area (Å²) in [6, 6.07) is 13.3. The molecule has 2 atom stereocenters. The highest BCUT2D eigenvalue weighted by atomic mass is 16.6. The Kier molecular flexibility index (Phi) is 9.30. The van der Waals surface area contributed by atoms with Gasteiger partial charge in [0.2, 0.25) is 0 Å². The predicted molar refractivity (Wildman–Crippen MR) is 147 cm³/mol. The van der Waals surface area contributed by atoms with Gasteiger partial charge in [0.15, 0.2) is 17.3 Å². The Balaban J connectivity index is 1.75. The van der Waals surface area contributed by atoms with Gasteiger partial charge in [-0.15, -0.1) is 0 Å². The molecule has 0 radical (unpaired) electrons. The zero-order valence-electron chi connectivity index (χ0n) is 23.3. The molecule has 1 heterocycles. The highest BCUT2D eigenvalue weighted by Crippen LogP contribution is 2.48. The van der Waals surface area contributed by atoms with Crippen LogP contribution >= 0.6 is 0 Å². The van der Waals surface area contributed by atoms with Gasteiger partial charge in [-0.1, -0.05) is 24.3 Å². The molecule has 0 spiro atoms. The van der Waals surface area contributed by atoms with E-state index in [0.29, 0.717) is 66.8 Å². The van der Waals surface area contributed by atoms with Crippen LogP contribution in [-0.4, -0.2) is 52.4 Å². The topological polar surface area (TPSA) is 92.3 Å². The third-order valence-electron chi connectivity index (χ3n) is 7.12. The molecule has 8 nitrogen and oxygen atoms in total. The Labute approximate surface area is 229 Å². The molecule has 8 heteroatoms. The summed E-state index contributed by atoms with van der Waals surface area (Å²) < 4.78 is 27.8.